The number of aromatic nitrogens is 4. The van der Waals surface area contributed by atoms with E-state index in [1.54, 1.807) is 42.6 Å². The number of carbonyl (C=O) groups excluding carboxylic acids is 2. The molecule has 8 heteroatoms. The number of primary amides is 1. The van der Waals surface area contributed by atoms with Crippen molar-refractivity contribution < 1.29 is 14.4 Å². The zero-order chi connectivity index (χ0) is 18.8. The van der Waals surface area contributed by atoms with E-state index in [4.69, 9.17) is 10.6 Å². The molecule has 2 N–H and O–H groups in total. The molecular weight excluding hydrogens is 346 g/mol. The molecule has 0 aliphatic rings. The summed E-state index contributed by atoms with van der Waals surface area (Å²) in [6.07, 6.45) is 5.74. The summed E-state index contributed by atoms with van der Waals surface area (Å²) < 4.78 is 1.21. The van der Waals surface area contributed by atoms with E-state index in [0.29, 0.717) is 22.4 Å². The van der Waals surface area contributed by atoms with E-state index in [0.717, 1.165) is 0 Å². The molecule has 1 amide bonds. The Balaban J connectivity index is 1.61. The standard InChI is InChI=1S/C19H13N5O3/c20-17(25)14-11-24(16-7-2-1-5-13(14)16)27-19(26)12-9-22-18(23-10-12)15-6-3-4-8-21-15/h1-11H,(H2,20,25). The minimum Gasteiger partial charge on any atom is -0.366 e. The van der Waals surface area contributed by atoms with Gasteiger partial charge in [0.25, 0.3) is 5.91 Å². The lowest BCUT2D eigenvalue weighted by Crippen LogP contribution is -2.20. The predicted octanol–water partition coefficient (Wildman–Crippen LogP) is 1.86. The number of hydrogen-bond acceptors (Lipinski definition) is 6. The van der Waals surface area contributed by atoms with Crippen LogP contribution in [0.1, 0.15) is 20.7 Å². The minimum atomic E-state index is -0.667. The van der Waals surface area contributed by atoms with Crippen molar-refractivity contribution in [1.29, 1.82) is 0 Å². The molecule has 0 saturated heterocycles. The van der Waals surface area contributed by atoms with Gasteiger partial charge in [-0.2, -0.15) is 4.73 Å². The Bertz CT molecular complexity index is 1140. The van der Waals surface area contributed by atoms with Gasteiger partial charge in [-0.25, -0.2) is 14.8 Å². The first kappa shape index (κ1) is 16.4. The quantitative estimate of drug-likeness (QED) is 0.595. The lowest BCUT2D eigenvalue weighted by molar-refractivity contribution is 0.0480. The van der Waals surface area contributed by atoms with Gasteiger partial charge in [0, 0.05) is 24.0 Å². The summed E-state index contributed by atoms with van der Waals surface area (Å²) in [7, 11) is 0. The van der Waals surface area contributed by atoms with Crippen LogP contribution in [-0.4, -0.2) is 31.6 Å². The van der Waals surface area contributed by atoms with Gasteiger partial charge >= 0.3 is 5.97 Å². The lowest BCUT2D eigenvalue weighted by atomic mass is 10.2. The summed E-state index contributed by atoms with van der Waals surface area (Å²) in [5.41, 5.74) is 6.96. The van der Waals surface area contributed by atoms with Gasteiger partial charge in [-0.3, -0.25) is 9.78 Å². The van der Waals surface area contributed by atoms with E-state index < -0.39 is 11.9 Å². The van der Waals surface area contributed by atoms with Crippen LogP contribution in [0.15, 0.2) is 67.3 Å². The van der Waals surface area contributed by atoms with Gasteiger partial charge in [-0.05, 0) is 18.2 Å². The highest BCUT2D eigenvalue weighted by Gasteiger charge is 2.17. The third kappa shape index (κ3) is 3.11. The smallest absolute Gasteiger partial charge is 0.366 e. The molecule has 0 atom stereocenters. The number of pyridine rings is 1. The molecular formula is C19H13N5O3. The topological polar surface area (TPSA) is 113 Å². The lowest BCUT2D eigenvalue weighted by Gasteiger charge is -2.06. The Morgan fingerprint density at radius 2 is 1.70 bits per heavy atom. The van der Waals surface area contributed by atoms with Crippen LogP contribution >= 0.6 is 0 Å². The Morgan fingerprint density at radius 3 is 2.41 bits per heavy atom. The normalized spacial score (nSPS) is 10.7. The summed E-state index contributed by atoms with van der Waals surface area (Å²) >= 11 is 0. The molecule has 4 rings (SSSR count). The molecule has 1 aromatic carbocycles. The molecule has 0 fully saturated rings. The van der Waals surface area contributed by atoms with Crippen LogP contribution in [0.4, 0.5) is 0 Å². The first-order valence-electron chi connectivity index (χ1n) is 7.99. The van der Waals surface area contributed by atoms with Crippen LogP contribution < -0.4 is 10.6 Å². The highest BCUT2D eigenvalue weighted by molar-refractivity contribution is 6.06. The molecule has 3 aromatic heterocycles. The SMILES string of the molecule is NC(=O)c1cn(OC(=O)c2cnc(-c3ccccn3)nc2)c2ccccc12. The average Bonchev–Trinajstić information content (AvgIpc) is 3.08. The van der Waals surface area contributed by atoms with Crippen LogP contribution in [0, 0.1) is 0 Å². The van der Waals surface area contributed by atoms with Crippen molar-refractivity contribution >= 4 is 22.8 Å². The summed E-state index contributed by atoms with van der Waals surface area (Å²) in [5.74, 6) is -0.877. The zero-order valence-electron chi connectivity index (χ0n) is 13.9. The number of nitrogens with zero attached hydrogens (tertiary/aromatic N) is 4. The molecule has 4 aromatic rings. The van der Waals surface area contributed by atoms with Crippen molar-refractivity contribution in [1.82, 2.24) is 19.7 Å². The van der Waals surface area contributed by atoms with Crippen molar-refractivity contribution in [2.45, 2.75) is 0 Å². The van der Waals surface area contributed by atoms with Crippen molar-refractivity contribution in [3.63, 3.8) is 0 Å². The summed E-state index contributed by atoms with van der Waals surface area (Å²) in [6, 6.07) is 12.4. The van der Waals surface area contributed by atoms with Crippen LogP contribution in [0.25, 0.3) is 22.4 Å². The first-order chi connectivity index (χ1) is 13.1. The van der Waals surface area contributed by atoms with Gasteiger partial charge in [-0.1, -0.05) is 24.3 Å². The second-order valence-electron chi connectivity index (χ2n) is 5.64. The minimum absolute atomic E-state index is 0.160. The molecule has 3 heterocycles. The van der Waals surface area contributed by atoms with Crippen LogP contribution in [0.5, 0.6) is 0 Å². The highest BCUT2D eigenvalue weighted by Crippen LogP contribution is 2.20. The molecule has 0 aliphatic heterocycles. The number of para-hydroxylation sites is 1. The van der Waals surface area contributed by atoms with Gasteiger partial charge in [0.2, 0.25) is 0 Å². The third-order valence-electron chi connectivity index (χ3n) is 3.91. The van der Waals surface area contributed by atoms with E-state index in [-0.39, 0.29) is 11.1 Å². The van der Waals surface area contributed by atoms with Crippen molar-refractivity contribution in [3.8, 4) is 11.5 Å². The van der Waals surface area contributed by atoms with E-state index in [2.05, 4.69) is 15.0 Å². The number of carbonyl (C=O) groups is 2. The number of benzene rings is 1. The largest absolute Gasteiger partial charge is 0.366 e. The monoisotopic (exact) mass is 359 g/mol. The van der Waals surface area contributed by atoms with Crippen molar-refractivity contribution in [2.24, 2.45) is 5.73 Å². The Kier molecular flexibility index (Phi) is 4.06. The second kappa shape index (κ2) is 6.68. The fourth-order valence-electron chi connectivity index (χ4n) is 2.62. The molecule has 132 valence electrons. The number of hydrogen-bond donors (Lipinski definition) is 1. The first-order valence-corrected chi connectivity index (χ1v) is 7.99. The predicted molar refractivity (Wildman–Crippen MR) is 96.6 cm³/mol. The zero-order valence-corrected chi connectivity index (χ0v) is 13.9. The Morgan fingerprint density at radius 1 is 0.963 bits per heavy atom. The number of rotatable bonds is 4. The fourth-order valence-corrected chi connectivity index (χ4v) is 2.62. The maximum Gasteiger partial charge on any atom is 0.366 e. The van der Waals surface area contributed by atoms with Gasteiger partial charge in [0.1, 0.15) is 5.69 Å². The third-order valence-corrected chi connectivity index (χ3v) is 3.91. The van der Waals surface area contributed by atoms with E-state index in [9.17, 15) is 9.59 Å². The van der Waals surface area contributed by atoms with Crippen LogP contribution in [-0.2, 0) is 0 Å². The summed E-state index contributed by atoms with van der Waals surface area (Å²) in [4.78, 5) is 41.8. The molecule has 0 radical (unpaired) electrons. The number of nitrogens with two attached hydrogens (primary N) is 1. The van der Waals surface area contributed by atoms with E-state index in [1.165, 1.54) is 23.3 Å². The molecule has 0 spiro atoms. The Labute approximate surface area is 153 Å². The number of fused-ring (bicyclic) bond motifs is 1. The molecule has 0 aliphatic carbocycles. The summed E-state index contributed by atoms with van der Waals surface area (Å²) in [5, 5.41) is 0.597. The fraction of sp³-hybridized carbons (Fsp3) is 0. The van der Waals surface area contributed by atoms with Gasteiger partial charge in [0.05, 0.1) is 22.8 Å². The van der Waals surface area contributed by atoms with E-state index >= 15 is 0 Å². The van der Waals surface area contributed by atoms with Gasteiger partial charge in [-0.15, -0.1) is 0 Å². The van der Waals surface area contributed by atoms with Crippen LogP contribution in [0.3, 0.4) is 0 Å². The van der Waals surface area contributed by atoms with Crippen molar-refractivity contribution in [2.75, 3.05) is 0 Å². The second-order valence-corrected chi connectivity index (χ2v) is 5.64. The summed E-state index contributed by atoms with van der Waals surface area (Å²) in [6.45, 7) is 0. The van der Waals surface area contributed by atoms with Gasteiger partial charge in [0.15, 0.2) is 5.82 Å². The molecule has 27 heavy (non-hydrogen) atoms. The maximum absolute atomic E-state index is 12.4. The molecule has 8 nitrogen and oxygen atoms in total. The number of amides is 1. The maximum atomic E-state index is 12.4. The molecule has 0 unspecified atom stereocenters. The van der Waals surface area contributed by atoms with Crippen LogP contribution in [0.2, 0.25) is 0 Å². The van der Waals surface area contributed by atoms with Crippen molar-refractivity contribution in [3.05, 3.63) is 78.4 Å². The van der Waals surface area contributed by atoms with Gasteiger partial charge < -0.3 is 10.6 Å². The molecule has 0 bridgehead atoms. The average molecular weight is 359 g/mol. The Hall–Kier alpha value is -4.07. The van der Waals surface area contributed by atoms with E-state index in [1.807, 2.05) is 6.07 Å². The molecule has 0 saturated carbocycles. The highest BCUT2D eigenvalue weighted by atomic mass is 16.7.